The highest BCUT2D eigenvalue weighted by Crippen LogP contribution is 2.35. The van der Waals surface area contributed by atoms with Gasteiger partial charge >= 0.3 is 5.97 Å². The molecule has 0 saturated carbocycles. The molecule has 1 aliphatic heterocycles. The molecule has 6 nitrogen and oxygen atoms in total. The zero-order chi connectivity index (χ0) is 14.2. The van der Waals surface area contributed by atoms with Crippen molar-refractivity contribution < 1.29 is 9.90 Å². The van der Waals surface area contributed by atoms with Crippen molar-refractivity contribution in [3.63, 3.8) is 0 Å². The Morgan fingerprint density at radius 1 is 1.47 bits per heavy atom. The Kier molecular flexibility index (Phi) is 3.14. The quantitative estimate of drug-likeness (QED) is 0.864. The number of anilines is 1. The predicted molar refractivity (Wildman–Crippen MR) is 68.8 cm³/mol. The van der Waals surface area contributed by atoms with Crippen LogP contribution in [0.25, 0.3) is 0 Å². The zero-order valence-corrected chi connectivity index (χ0v) is 11.3. The molecule has 0 aliphatic carbocycles. The second-order valence-corrected chi connectivity index (χ2v) is 5.06. The largest absolute Gasteiger partial charge is 0.480 e. The van der Waals surface area contributed by atoms with Crippen molar-refractivity contribution in [2.45, 2.75) is 39.2 Å². The molecule has 100 valence electrons. The molecular weight excluding hydrogens is 244 g/mol. The van der Waals surface area contributed by atoms with Crippen molar-refractivity contribution in [3.05, 3.63) is 16.8 Å². The Bertz CT molecular complexity index is 579. The third-order valence-corrected chi connectivity index (χ3v) is 3.91. The number of carbonyl (C=O) groups is 1. The van der Waals surface area contributed by atoms with Crippen molar-refractivity contribution in [1.29, 1.82) is 5.26 Å². The highest BCUT2D eigenvalue weighted by atomic mass is 16.4. The summed E-state index contributed by atoms with van der Waals surface area (Å²) in [6.45, 7) is 5.84. The first-order chi connectivity index (χ1) is 8.91. The Balaban J connectivity index is 2.57. The normalized spacial score (nSPS) is 22.3. The van der Waals surface area contributed by atoms with Crippen LogP contribution in [0, 0.1) is 25.2 Å². The van der Waals surface area contributed by atoms with E-state index < -0.39 is 11.5 Å². The van der Waals surface area contributed by atoms with Crippen LogP contribution in [0.4, 0.5) is 5.82 Å². The lowest BCUT2D eigenvalue weighted by Crippen LogP contribution is -2.49. The standard InChI is InChI=1S/C13H16N4O2/c1-8-9(2)15-16-11(10(8)7-14)17-6-4-5-13(17,3)12(18)19/h4-6H2,1-3H3,(H,18,19). The van der Waals surface area contributed by atoms with Gasteiger partial charge in [0.2, 0.25) is 0 Å². The number of nitrogens with zero attached hydrogens (tertiary/aromatic N) is 4. The summed E-state index contributed by atoms with van der Waals surface area (Å²) in [7, 11) is 0. The lowest BCUT2D eigenvalue weighted by molar-refractivity contribution is -0.142. The van der Waals surface area contributed by atoms with Crippen LogP contribution < -0.4 is 4.90 Å². The van der Waals surface area contributed by atoms with Gasteiger partial charge in [0.15, 0.2) is 5.82 Å². The molecule has 0 aromatic carbocycles. The minimum atomic E-state index is -1.01. The third-order valence-electron chi connectivity index (χ3n) is 3.91. The first kappa shape index (κ1) is 13.3. The molecule has 19 heavy (non-hydrogen) atoms. The number of carboxylic acid groups (broad SMARTS) is 1. The van der Waals surface area contributed by atoms with Crippen LogP contribution in [0.5, 0.6) is 0 Å². The fraction of sp³-hybridized carbons (Fsp3) is 0.538. The summed E-state index contributed by atoms with van der Waals surface area (Å²) in [6.07, 6.45) is 1.31. The van der Waals surface area contributed by atoms with Crippen LogP contribution in [-0.4, -0.2) is 33.4 Å². The van der Waals surface area contributed by atoms with Crippen LogP contribution in [0.15, 0.2) is 0 Å². The summed E-state index contributed by atoms with van der Waals surface area (Å²) in [6, 6.07) is 2.12. The van der Waals surface area contributed by atoms with E-state index in [1.54, 1.807) is 25.7 Å². The van der Waals surface area contributed by atoms with E-state index in [1.807, 2.05) is 0 Å². The lowest BCUT2D eigenvalue weighted by atomic mass is 9.98. The maximum atomic E-state index is 11.5. The van der Waals surface area contributed by atoms with Crippen molar-refractivity contribution in [3.8, 4) is 6.07 Å². The Hall–Kier alpha value is -2.16. The van der Waals surface area contributed by atoms with Crippen LogP contribution in [-0.2, 0) is 4.79 Å². The van der Waals surface area contributed by atoms with E-state index in [2.05, 4.69) is 16.3 Å². The molecule has 1 unspecified atom stereocenters. The topological polar surface area (TPSA) is 90.1 Å². The Morgan fingerprint density at radius 3 is 2.74 bits per heavy atom. The first-order valence-corrected chi connectivity index (χ1v) is 6.17. The van der Waals surface area contributed by atoms with E-state index in [9.17, 15) is 15.2 Å². The van der Waals surface area contributed by atoms with E-state index in [-0.39, 0.29) is 0 Å². The maximum Gasteiger partial charge on any atom is 0.329 e. The second kappa shape index (κ2) is 4.50. The molecule has 0 radical (unpaired) electrons. The number of aromatic nitrogens is 2. The monoisotopic (exact) mass is 260 g/mol. The van der Waals surface area contributed by atoms with Crippen molar-refractivity contribution >= 4 is 11.8 Å². The van der Waals surface area contributed by atoms with Gasteiger partial charge < -0.3 is 10.0 Å². The Morgan fingerprint density at radius 2 is 2.16 bits per heavy atom. The fourth-order valence-electron chi connectivity index (χ4n) is 2.44. The first-order valence-electron chi connectivity index (χ1n) is 6.17. The molecule has 1 N–H and O–H groups in total. The average molecular weight is 260 g/mol. The lowest BCUT2D eigenvalue weighted by Gasteiger charge is -2.32. The second-order valence-electron chi connectivity index (χ2n) is 5.06. The Labute approximate surface area is 111 Å². The number of rotatable bonds is 2. The summed E-state index contributed by atoms with van der Waals surface area (Å²) in [5, 5.41) is 26.8. The third kappa shape index (κ3) is 1.91. The van der Waals surface area contributed by atoms with Gasteiger partial charge in [0.05, 0.1) is 5.69 Å². The van der Waals surface area contributed by atoms with E-state index in [4.69, 9.17) is 0 Å². The van der Waals surface area contributed by atoms with E-state index >= 15 is 0 Å². The molecule has 6 heteroatoms. The molecule has 1 aliphatic rings. The van der Waals surface area contributed by atoms with Crippen molar-refractivity contribution in [1.82, 2.24) is 10.2 Å². The van der Waals surface area contributed by atoms with Gasteiger partial charge in [0, 0.05) is 6.54 Å². The molecule has 2 rings (SSSR count). The maximum absolute atomic E-state index is 11.5. The molecule has 1 aromatic heterocycles. The number of aliphatic carboxylic acids is 1. The van der Waals surface area contributed by atoms with Crippen LogP contribution >= 0.6 is 0 Å². The van der Waals surface area contributed by atoms with Gasteiger partial charge in [-0.3, -0.25) is 0 Å². The van der Waals surface area contributed by atoms with Gasteiger partial charge in [-0.15, -0.1) is 5.10 Å². The van der Waals surface area contributed by atoms with Gasteiger partial charge in [0.1, 0.15) is 17.2 Å². The summed E-state index contributed by atoms with van der Waals surface area (Å²) in [4.78, 5) is 13.2. The molecule has 0 amide bonds. The number of hydrogen-bond acceptors (Lipinski definition) is 5. The minimum Gasteiger partial charge on any atom is -0.480 e. The fourth-order valence-corrected chi connectivity index (χ4v) is 2.44. The highest BCUT2D eigenvalue weighted by Gasteiger charge is 2.45. The molecule has 1 atom stereocenters. The number of aryl methyl sites for hydroxylation is 1. The molecular formula is C13H16N4O2. The number of carboxylic acids is 1. The zero-order valence-electron chi connectivity index (χ0n) is 11.3. The number of hydrogen-bond donors (Lipinski definition) is 1. The molecule has 1 aromatic rings. The summed E-state index contributed by atoms with van der Waals surface area (Å²) in [5.74, 6) is -0.512. The molecule has 2 heterocycles. The summed E-state index contributed by atoms with van der Waals surface area (Å²) < 4.78 is 0. The molecule has 1 saturated heterocycles. The summed E-state index contributed by atoms with van der Waals surface area (Å²) >= 11 is 0. The van der Waals surface area contributed by atoms with Gasteiger partial charge in [-0.2, -0.15) is 10.4 Å². The van der Waals surface area contributed by atoms with Crippen molar-refractivity contribution in [2.75, 3.05) is 11.4 Å². The van der Waals surface area contributed by atoms with Gasteiger partial charge in [-0.05, 0) is 39.2 Å². The molecule has 1 fully saturated rings. The highest BCUT2D eigenvalue weighted by molar-refractivity contribution is 5.84. The molecule has 0 bridgehead atoms. The van der Waals surface area contributed by atoms with Gasteiger partial charge in [-0.1, -0.05) is 0 Å². The van der Waals surface area contributed by atoms with Crippen LogP contribution in [0.1, 0.15) is 36.6 Å². The van der Waals surface area contributed by atoms with Crippen LogP contribution in [0.2, 0.25) is 0 Å². The smallest absolute Gasteiger partial charge is 0.329 e. The number of nitriles is 1. The average Bonchev–Trinajstić information content (AvgIpc) is 2.76. The van der Waals surface area contributed by atoms with E-state index in [0.29, 0.717) is 30.0 Å². The van der Waals surface area contributed by atoms with Gasteiger partial charge in [-0.25, -0.2) is 4.79 Å². The predicted octanol–water partition coefficient (Wildman–Crippen LogP) is 1.41. The van der Waals surface area contributed by atoms with Crippen LogP contribution in [0.3, 0.4) is 0 Å². The minimum absolute atomic E-state index is 0.382. The van der Waals surface area contributed by atoms with Crippen molar-refractivity contribution in [2.24, 2.45) is 0 Å². The summed E-state index contributed by atoms with van der Waals surface area (Å²) in [5.41, 5.74) is 0.854. The van der Waals surface area contributed by atoms with E-state index in [1.165, 1.54) is 0 Å². The van der Waals surface area contributed by atoms with E-state index in [0.717, 1.165) is 12.0 Å². The molecule has 0 spiro atoms. The van der Waals surface area contributed by atoms with Gasteiger partial charge in [0.25, 0.3) is 0 Å². The SMILES string of the molecule is Cc1nnc(N2CCCC2(C)C(=O)O)c(C#N)c1C.